The van der Waals surface area contributed by atoms with Crippen molar-refractivity contribution in [3.05, 3.63) is 0 Å². The zero-order valence-electron chi connectivity index (χ0n) is 14.3. The molecule has 1 nitrogen and oxygen atoms in total. The summed E-state index contributed by atoms with van der Waals surface area (Å²) in [5.41, 5.74) is 0. The van der Waals surface area contributed by atoms with Crippen LogP contribution in [-0.4, -0.2) is 11.2 Å². The Labute approximate surface area is 127 Å². The number of aliphatic hydroxyl groups excluding tert-OH is 1. The van der Waals surface area contributed by atoms with E-state index in [1.54, 1.807) is 0 Å². The zero-order chi connectivity index (χ0) is 15.2. The van der Waals surface area contributed by atoms with Gasteiger partial charge in [0.2, 0.25) is 0 Å². The summed E-state index contributed by atoms with van der Waals surface area (Å²) in [6.07, 6.45) is 12.0. The summed E-state index contributed by atoms with van der Waals surface area (Å²) in [4.78, 5) is 0. The van der Waals surface area contributed by atoms with Crippen LogP contribution in [0.2, 0.25) is 0 Å². The first-order chi connectivity index (χ1) is 9.63. The third kappa shape index (κ3) is 10.3. The maximum absolute atomic E-state index is 10.3. The molecule has 0 bridgehead atoms. The fourth-order valence-electron chi connectivity index (χ4n) is 2.41. The molecule has 1 N–H and O–H groups in total. The smallest absolute Gasteiger partial charge is 0.0700 e. The minimum atomic E-state index is -0.264. The Morgan fingerprint density at radius 1 is 0.850 bits per heavy atom. The van der Waals surface area contributed by atoms with E-state index in [1.165, 1.54) is 51.4 Å². The third-order valence-corrected chi connectivity index (χ3v) is 3.91. The van der Waals surface area contributed by atoms with Crippen molar-refractivity contribution in [2.45, 2.75) is 98.0 Å². The van der Waals surface area contributed by atoms with Crippen molar-refractivity contribution < 1.29 is 5.11 Å². The number of aliphatic hydroxyl groups is 1. The van der Waals surface area contributed by atoms with E-state index in [9.17, 15) is 5.11 Å². The highest BCUT2D eigenvalue weighted by Crippen LogP contribution is 2.20. The van der Waals surface area contributed by atoms with E-state index in [0.717, 1.165) is 12.8 Å². The Bertz CT molecular complexity index is 259. The standard InChI is InChI=1S/C19H36O/c1-5-7-9-11-12-14-16-18(19(20)17(3)4)15-13-10-8-6-2/h17-20H,5-12,14,16H2,1-4H3/t18-,19-/m0/s1. The van der Waals surface area contributed by atoms with Crippen LogP contribution < -0.4 is 0 Å². The van der Waals surface area contributed by atoms with Gasteiger partial charge in [-0.15, -0.1) is 5.92 Å². The van der Waals surface area contributed by atoms with Crippen LogP contribution in [0, 0.1) is 23.7 Å². The van der Waals surface area contributed by atoms with Gasteiger partial charge in [0.05, 0.1) is 6.10 Å². The molecule has 118 valence electrons. The van der Waals surface area contributed by atoms with Crippen LogP contribution in [0.25, 0.3) is 0 Å². The monoisotopic (exact) mass is 280 g/mol. The van der Waals surface area contributed by atoms with Crippen molar-refractivity contribution in [3.8, 4) is 11.8 Å². The van der Waals surface area contributed by atoms with Gasteiger partial charge in [0.1, 0.15) is 0 Å². The normalized spacial score (nSPS) is 13.9. The molecule has 0 spiro atoms. The van der Waals surface area contributed by atoms with E-state index in [0.29, 0.717) is 5.92 Å². The van der Waals surface area contributed by atoms with Gasteiger partial charge in [0, 0.05) is 12.3 Å². The topological polar surface area (TPSA) is 20.2 Å². The second kappa shape index (κ2) is 13.5. The summed E-state index contributed by atoms with van der Waals surface area (Å²) in [6, 6.07) is 0. The van der Waals surface area contributed by atoms with E-state index in [2.05, 4.69) is 39.5 Å². The molecule has 0 aliphatic carbocycles. The Kier molecular flexibility index (Phi) is 13.2. The number of hydrogen-bond donors (Lipinski definition) is 1. The molecule has 0 saturated heterocycles. The van der Waals surface area contributed by atoms with Gasteiger partial charge in [-0.1, -0.05) is 78.6 Å². The molecular formula is C19H36O. The summed E-state index contributed by atoms with van der Waals surface area (Å²) in [5.74, 6) is 7.10. The molecule has 2 atom stereocenters. The van der Waals surface area contributed by atoms with E-state index < -0.39 is 0 Å². The maximum atomic E-state index is 10.3. The molecule has 0 heterocycles. The van der Waals surface area contributed by atoms with Gasteiger partial charge in [-0.3, -0.25) is 0 Å². The van der Waals surface area contributed by atoms with Crippen molar-refractivity contribution in [2.24, 2.45) is 11.8 Å². The first kappa shape index (κ1) is 19.5. The summed E-state index contributed by atoms with van der Waals surface area (Å²) in [7, 11) is 0. The minimum absolute atomic E-state index is 0.179. The highest BCUT2D eigenvalue weighted by atomic mass is 16.3. The molecule has 20 heavy (non-hydrogen) atoms. The van der Waals surface area contributed by atoms with Crippen molar-refractivity contribution >= 4 is 0 Å². The van der Waals surface area contributed by atoms with Gasteiger partial charge < -0.3 is 5.11 Å². The zero-order valence-corrected chi connectivity index (χ0v) is 14.3. The Balaban J connectivity index is 4.07. The van der Waals surface area contributed by atoms with Gasteiger partial charge in [-0.25, -0.2) is 0 Å². The Hall–Kier alpha value is -0.480. The van der Waals surface area contributed by atoms with E-state index in [1.807, 2.05) is 0 Å². The second-order valence-corrected chi connectivity index (χ2v) is 6.32. The average Bonchev–Trinajstić information content (AvgIpc) is 2.44. The SMILES string of the molecule is CCCCC#C[C@@H](CCCCCCCC)[C@@H](O)C(C)C. The molecular weight excluding hydrogens is 244 g/mol. The molecule has 0 radical (unpaired) electrons. The molecule has 0 amide bonds. The lowest BCUT2D eigenvalue weighted by Gasteiger charge is -2.21. The molecule has 0 aliphatic rings. The van der Waals surface area contributed by atoms with Gasteiger partial charge in [0.25, 0.3) is 0 Å². The third-order valence-electron chi connectivity index (χ3n) is 3.91. The molecule has 0 aromatic carbocycles. The molecule has 0 rings (SSSR count). The predicted octanol–water partition coefficient (Wildman–Crippen LogP) is 5.56. The van der Waals surface area contributed by atoms with Crippen LogP contribution in [-0.2, 0) is 0 Å². The lowest BCUT2D eigenvalue weighted by molar-refractivity contribution is 0.0831. The molecule has 1 heteroatoms. The van der Waals surface area contributed by atoms with Crippen molar-refractivity contribution in [3.63, 3.8) is 0 Å². The summed E-state index contributed by atoms with van der Waals surface area (Å²) >= 11 is 0. The fourth-order valence-corrected chi connectivity index (χ4v) is 2.41. The van der Waals surface area contributed by atoms with Gasteiger partial charge >= 0.3 is 0 Å². The van der Waals surface area contributed by atoms with Crippen LogP contribution >= 0.6 is 0 Å². The fraction of sp³-hybridized carbons (Fsp3) is 0.895. The van der Waals surface area contributed by atoms with E-state index >= 15 is 0 Å². The highest BCUT2D eigenvalue weighted by molar-refractivity contribution is 5.06. The maximum Gasteiger partial charge on any atom is 0.0700 e. The molecule has 0 aromatic heterocycles. The van der Waals surface area contributed by atoms with Crippen molar-refractivity contribution in [1.29, 1.82) is 0 Å². The van der Waals surface area contributed by atoms with Crippen LogP contribution in [0.3, 0.4) is 0 Å². The van der Waals surface area contributed by atoms with Gasteiger partial charge in [-0.05, 0) is 18.8 Å². The predicted molar refractivity (Wildman–Crippen MR) is 89.6 cm³/mol. The molecule has 0 fully saturated rings. The first-order valence-electron chi connectivity index (χ1n) is 8.79. The molecule has 0 aliphatic heterocycles. The number of rotatable bonds is 11. The molecule has 0 aromatic rings. The average molecular weight is 280 g/mol. The van der Waals surface area contributed by atoms with E-state index in [4.69, 9.17) is 0 Å². The van der Waals surface area contributed by atoms with Crippen LogP contribution in [0.15, 0.2) is 0 Å². The summed E-state index contributed by atoms with van der Waals surface area (Å²) < 4.78 is 0. The van der Waals surface area contributed by atoms with Crippen LogP contribution in [0.4, 0.5) is 0 Å². The number of unbranched alkanes of at least 4 members (excludes halogenated alkanes) is 7. The van der Waals surface area contributed by atoms with E-state index in [-0.39, 0.29) is 12.0 Å². The van der Waals surface area contributed by atoms with Gasteiger partial charge in [-0.2, -0.15) is 0 Å². The van der Waals surface area contributed by atoms with Gasteiger partial charge in [0.15, 0.2) is 0 Å². The molecule has 0 saturated carbocycles. The lowest BCUT2D eigenvalue weighted by Crippen LogP contribution is -2.25. The van der Waals surface area contributed by atoms with Crippen molar-refractivity contribution in [2.75, 3.05) is 0 Å². The second-order valence-electron chi connectivity index (χ2n) is 6.32. The Morgan fingerprint density at radius 2 is 1.45 bits per heavy atom. The lowest BCUT2D eigenvalue weighted by atomic mass is 9.89. The van der Waals surface area contributed by atoms with Crippen molar-refractivity contribution in [1.82, 2.24) is 0 Å². The van der Waals surface area contributed by atoms with Crippen LogP contribution in [0.1, 0.15) is 91.9 Å². The summed E-state index contributed by atoms with van der Waals surface area (Å²) in [6.45, 7) is 8.62. The highest BCUT2D eigenvalue weighted by Gasteiger charge is 2.19. The quantitative estimate of drug-likeness (QED) is 0.388. The minimum Gasteiger partial charge on any atom is -0.392 e. The number of hydrogen-bond acceptors (Lipinski definition) is 1. The Morgan fingerprint density at radius 3 is 2.05 bits per heavy atom. The molecule has 0 unspecified atom stereocenters. The largest absolute Gasteiger partial charge is 0.392 e. The van der Waals surface area contributed by atoms with Crippen LogP contribution in [0.5, 0.6) is 0 Å². The summed E-state index contributed by atoms with van der Waals surface area (Å²) in [5, 5.41) is 10.3. The first-order valence-corrected chi connectivity index (χ1v) is 8.79.